The van der Waals surface area contributed by atoms with E-state index in [1.54, 1.807) is 13.0 Å². The first-order valence-corrected chi connectivity index (χ1v) is 9.07. The number of rotatable bonds is 7. The van der Waals surface area contributed by atoms with E-state index >= 15 is 0 Å². The molecule has 1 aromatic carbocycles. The second-order valence-corrected chi connectivity index (χ2v) is 6.31. The fourth-order valence-electron chi connectivity index (χ4n) is 3.09. The number of aromatic nitrogens is 2. The molecular weight excluding hydrogens is 334 g/mol. The Kier molecular flexibility index (Phi) is 6.22. The molecule has 1 amide bonds. The first kappa shape index (κ1) is 18.4. The van der Waals surface area contributed by atoms with Crippen LogP contribution in [0.2, 0.25) is 0 Å². The summed E-state index contributed by atoms with van der Waals surface area (Å²) in [6.45, 7) is 6.79. The lowest BCUT2D eigenvalue weighted by atomic mass is 9.95. The first-order valence-electron chi connectivity index (χ1n) is 9.07. The molecule has 0 unspecified atom stereocenters. The van der Waals surface area contributed by atoms with Crippen LogP contribution in [0, 0.1) is 6.92 Å². The van der Waals surface area contributed by atoms with Gasteiger partial charge in [-0.1, -0.05) is 11.2 Å². The molecule has 0 radical (unpaired) electrons. The summed E-state index contributed by atoms with van der Waals surface area (Å²) in [5, 5.41) is 4.00. The maximum atomic E-state index is 12.8. The van der Waals surface area contributed by atoms with Crippen molar-refractivity contribution < 1.29 is 18.8 Å². The van der Waals surface area contributed by atoms with Crippen molar-refractivity contribution in [3.63, 3.8) is 0 Å². The van der Waals surface area contributed by atoms with Crippen LogP contribution in [0.1, 0.15) is 47.8 Å². The van der Waals surface area contributed by atoms with Crippen molar-refractivity contribution >= 4 is 5.91 Å². The van der Waals surface area contributed by atoms with E-state index in [2.05, 4.69) is 10.1 Å². The van der Waals surface area contributed by atoms with Gasteiger partial charge in [-0.2, -0.15) is 4.98 Å². The molecule has 0 aliphatic carbocycles. The number of carbonyl (C=O) groups is 1. The number of likely N-dealkylation sites (tertiary alicyclic amines) is 1. The van der Waals surface area contributed by atoms with Gasteiger partial charge in [-0.15, -0.1) is 0 Å². The largest absolute Gasteiger partial charge is 0.491 e. The van der Waals surface area contributed by atoms with Crippen LogP contribution in [0.25, 0.3) is 0 Å². The van der Waals surface area contributed by atoms with E-state index in [-0.39, 0.29) is 11.8 Å². The summed E-state index contributed by atoms with van der Waals surface area (Å²) < 4.78 is 16.0. The highest BCUT2D eigenvalue weighted by molar-refractivity contribution is 5.94. The molecule has 1 aliphatic rings. The number of amides is 1. The molecule has 7 nitrogen and oxygen atoms in total. The maximum Gasteiger partial charge on any atom is 0.253 e. The van der Waals surface area contributed by atoms with Crippen molar-refractivity contribution in [2.45, 2.75) is 32.6 Å². The minimum atomic E-state index is 0.0306. The van der Waals surface area contributed by atoms with Crippen LogP contribution in [0.3, 0.4) is 0 Å². The Morgan fingerprint density at radius 2 is 2.12 bits per heavy atom. The van der Waals surface area contributed by atoms with E-state index in [1.807, 2.05) is 30.0 Å². The lowest BCUT2D eigenvalue weighted by molar-refractivity contribution is 0.0710. The number of carbonyl (C=O) groups excluding carboxylic acids is 1. The van der Waals surface area contributed by atoms with Gasteiger partial charge >= 0.3 is 0 Å². The zero-order valence-electron chi connectivity index (χ0n) is 15.3. The third-order valence-corrected chi connectivity index (χ3v) is 4.47. The normalized spacial score (nSPS) is 15.2. The van der Waals surface area contributed by atoms with Crippen LogP contribution < -0.4 is 4.74 Å². The third-order valence-electron chi connectivity index (χ3n) is 4.47. The van der Waals surface area contributed by atoms with Crippen LogP contribution in [0.15, 0.2) is 28.8 Å². The summed E-state index contributed by atoms with van der Waals surface area (Å²) in [4.78, 5) is 19.0. The summed E-state index contributed by atoms with van der Waals surface area (Å²) in [6.07, 6.45) is 1.69. The van der Waals surface area contributed by atoms with Crippen molar-refractivity contribution in [3.05, 3.63) is 41.5 Å². The predicted octanol–water partition coefficient (Wildman–Crippen LogP) is 2.81. The van der Waals surface area contributed by atoms with E-state index < -0.39 is 0 Å². The molecule has 2 aromatic rings. The Hall–Kier alpha value is -2.41. The highest BCUT2D eigenvalue weighted by Crippen LogP contribution is 2.27. The predicted molar refractivity (Wildman–Crippen MR) is 95.3 cm³/mol. The molecule has 3 rings (SSSR count). The van der Waals surface area contributed by atoms with Crippen molar-refractivity contribution in [2.75, 3.05) is 32.9 Å². The average Bonchev–Trinajstić information content (AvgIpc) is 3.11. The van der Waals surface area contributed by atoms with Crippen LogP contribution in [0.5, 0.6) is 5.75 Å². The summed E-state index contributed by atoms with van der Waals surface area (Å²) in [6, 6.07) is 7.32. The molecule has 26 heavy (non-hydrogen) atoms. The number of benzene rings is 1. The van der Waals surface area contributed by atoms with Crippen LogP contribution >= 0.6 is 0 Å². The topological polar surface area (TPSA) is 77.7 Å². The Labute approximate surface area is 153 Å². The fourth-order valence-corrected chi connectivity index (χ4v) is 3.09. The number of hydrogen-bond donors (Lipinski definition) is 0. The van der Waals surface area contributed by atoms with Gasteiger partial charge in [0.15, 0.2) is 5.82 Å². The fraction of sp³-hybridized carbons (Fsp3) is 0.526. The SMILES string of the molecule is CCOCCOc1cccc(C(=O)N2CCC(c3noc(C)n3)CC2)c1. The Bertz CT molecular complexity index is 723. The second-order valence-electron chi connectivity index (χ2n) is 6.31. The van der Waals surface area contributed by atoms with Gasteiger partial charge in [0.1, 0.15) is 12.4 Å². The molecule has 1 aromatic heterocycles. The lowest BCUT2D eigenvalue weighted by Crippen LogP contribution is -2.38. The number of hydrogen-bond acceptors (Lipinski definition) is 6. The Balaban J connectivity index is 1.54. The highest BCUT2D eigenvalue weighted by Gasteiger charge is 2.27. The minimum Gasteiger partial charge on any atom is -0.491 e. The van der Waals surface area contributed by atoms with Crippen LogP contribution in [0.4, 0.5) is 0 Å². The molecule has 0 bridgehead atoms. The van der Waals surface area contributed by atoms with E-state index in [0.717, 1.165) is 18.7 Å². The number of piperidine rings is 1. The Morgan fingerprint density at radius 1 is 1.31 bits per heavy atom. The van der Waals surface area contributed by atoms with Gasteiger partial charge in [0.05, 0.1) is 6.61 Å². The molecule has 0 N–H and O–H groups in total. The molecule has 1 saturated heterocycles. The summed E-state index contributed by atoms with van der Waals surface area (Å²) in [7, 11) is 0. The zero-order valence-corrected chi connectivity index (χ0v) is 15.3. The molecule has 2 heterocycles. The van der Waals surface area contributed by atoms with Gasteiger partial charge in [-0.3, -0.25) is 4.79 Å². The smallest absolute Gasteiger partial charge is 0.253 e. The quantitative estimate of drug-likeness (QED) is 0.708. The highest BCUT2D eigenvalue weighted by atomic mass is 16.5. The average molecular weight is 359 g/mol. The van der Waals surface area contributed by atoms with E-state index in [4.69, 9.17) is 14.0 Å². The standard InChI is InChI=1S/C19H25N3O4/c1-3-24-11-12-25-17-6-4-5-16(13-17)19(23)22-9-7-15(8-10-22)18-20-14(2)26-21-18/h4-6,13,15H,3,7-12H2,1-2H3. The first-order chi connectivity index (χ1) is 12.7. The Morgan fingerprint density at radius 3 is 2.81 bits per heavy atom. The third kappa shape index (κ3) is 4.60. The molecule has 1 aliphatic heterocycles. The maximum absolute atomic E-state index is 12.8. The van der Waals surface area contributed by atoms with Gasteiger partial charge in [0, 0.05) is 38.1 Å². The molecule has 0 atom stereocenters. The zero-order chi connectivity index (χ0) is 18.4. The summed E-state index contributed by atoms with van der Waals surface area (Å²) in [5.41, 5.74) is 0.646. The van der Waals surface area contributed by atoms with Gasteiger partial charge in [-0.05, 0) is 38.0 Å². The van der Waals surface area contributed by atoms with Gasteiger partial charge < -0.3 is 18.9 Å². The molecular formula is C19H25N3O4. The molecule has 7 heteroatoms. The molecule has 1 fully saturated rings. The van der Waals surface area contributed by atoms with E-state index in [1.165, 1.54) is 0 Å². The second kappa shape index (κ2) is 8.80. The van der Waals surface area contributed by atoms with Gasteiger partial charge in [0.25, 0.3) is 5.91 Å². The van der Waals surface area contributed by atoms with Crippen molar-refractivity contribution in [1.82, 2.24) is 15.0 Å². The number of nitrogens with zero attached hydrogens (tertiary/aromatic N) is 3. The lowest BCUT2D eigenvalue weighted by Gasteiger charge is -2.30. The van der Waals surface area contributed by atoms with Crippen molar-refractivity contribution in [2.24, 2.45) is 0 Å². The van der Waals surface area contributed by atoms with Gasteiger partial charge in [0.2, 0.25) is 5.89 Å². The van der Waals surface area contributed by atoms with Crippen LogP contribution in [-0.4, -0.2) is 53.9 Å². The van der Waals surface area contributed by atoms with E-state index in [0.29, 0.717) is 50.1 Å². The van der Waals surface area contributed by atoms with Crippen molar-refractivity contribution in [1.29, 1.82) is 0 Å². The van der Waals surface area contributed by atoms with Crippen molar-refractivity contribution in [3.8, 4) is 5.75 Å². The van der Waals surface area contributed by atoms with E-state index in [9.17, 15) is 4.79 Å². The summed E-state index contributed by atoms with van der Waals surface area (Å²) in [5.74, 6) is 2.30. The number of aryl methyl sites for hydroxylation is 1. The molecule has 0 spiro atoms. The van der Waals surface area contributed by atoms with Crippen LogP contribution in [-0.2, 0) is 4.74 Å². The molecule has 0 saturated carbocycles. The minimum absolute atomic E-state index is 0.0306. The number of ether oxygens (including phenoxy) is 2. The van der Waals surface area contributed by atoms with Gasteiger partial charge in [-0.25, -0.2) is 0 Å². The monoisotopic (exact) mass is 359 g/mol. The molecule has 140 valence electrons. The summed E-state index contributed by atoms with van der Waals surface area (Å²) >= 11 is 0.